The van der Waals surface area contributed by atoms with Crippen molar-refractivity contribution < 1.29 is 9.13 Å². The largest absolute Gasteiger partial charge is 0.484 e. The molecule has 0 aromatic carbocycles. The maximum absolute atomic E-state index is 13.0. The van der Waals surface area contributed by atoms with Crippen LogP contribution in [0.4, 0.5) is 4.39 Å². The first-order valence-electron chi connectivity index (χ1n) is 4.48. The van der Waals surface area contributed by atoms with Gasteiger partial charge < -0.3 is 4.74 Å². The summed E-state index contributed by atoms with van der Waals surface area (Å²) in [6.45, 7) is 0.288. The number of rotatable bonds is 3. The van der Waals surface area contributed by atoms with E-state index in [1.807, 2.05) is 6.07 Å². The summed E-state index contributed by atoms with van der Waals surface area (Å²) in [5.41, 5.74) is 0.890. The van der Waals surface area contributed by atoms with Crippen molar-refractivity contribution in [2.24, 2.45) is 0 Å². The second-order valence-electron chi connectivity index (χ2n) is 2.94. The second kappa shape index (κ2) is 4.50. The van der Waals surface area contributed by atoms with E-state index in [4.69, 9.17) is 4.74 Å². The van der Waals surface area contributed by atoms with Gasteiger partial charge in [-0.15, -0.1) is 0 Å². The van der Waals surface area contributed by atoms with E-state index in [-0.39, 0.29) is 12.4 Å². The van der Waals surface area contributed by atoms with Gasteiger partial charge in [0.25, 0.3) is 5.95 Å². The molecule has 2 heterocycles. The molecule has 0 atom stereocenters. The Balaban J connectivity index is 2.03. The summed E-state index contributed by atoms with van der Waals surface area (Å²) < 4.78 is 18.3. The molecule has 0 N–H and O–H groups in total. The van der Waals surface area contributed by atoms with Gasteiger partial charge in [0.05, 0.1) is 0 Å². The Kier molecular flexibility index (Phi) is 2.88. The van der Waals surface area contributed by atoms with Crippen molar-refractivity contribution in [3.8, 4) is 5.75 Å². The minimum Gasteiger partial charge on any atom is -0.484 e. The van der Waals surface area contributed by atoms with Crippen molar-refractivity contribution in [3.63, 3.8) is 0 Å². The van der Waals surface area contributed by atoms with Crippen LogP contribution in [0.2, 0.25) is 0 Å². The third kappa shape index (κ3) is 2.49. The summed E-state index contributed by atoms with van der Waals surface area (Å²) in [6, 6.07) is 6.83. The van der Waals surface area contributed by atoms with Crippen LogP contribution in [0.3, 0.4) is 0 Å². The Morgan fingerprint density at radius 1 is 1.20 bits per heavy atom. The Morgan fingerprint density at radius 2 is 2.07 bits per heavy atom. The summed E-state index contributed by atoms with van der Waals surface area (Å²) >= 11 is 0. The van der Waals surface area contributed by atoms with Crippen LogP contribution < -0.4 is 4.74 Å². The lowest BCUT2D eigenvalue weighted by Crippen LogP contribution is -1.98. The molecule has 0 saturated carbocycles. The molecule has 0 fully saturated rings. The monoisotopic (exact) mass is 204 g/mol. The summed E-state index contributed by atoms with van der Waals surface area (Å²) in [5, 5.41) is 0. The fourth-order valence-corrected chi connectivity index (χ4v) is 1.12. The second-order valence-corrected chi connectivity index (χ2v) is 2.94. The highest BCUT2D eigenvalue weighted by atomic mass is 19.1. The highest BCUT2D eigenvalue weighted by Crippen LogP contribution is 2.14. The number of nitrogens with zero attached hydrogens (tertiary/aromatic N) is 2. The molecule has 0 spiro atoms. The molecule has 15 heavy (non-hydrogen) atoms. The average molecular weight is 204 g/mol. The van der Waals surface area contributed by atoms with Crippen LogP contribution in [0.15, 0.2) is 42.9 Å². The zero-order valence-electron chi connectivity index (χ0n) is 7.93. The van der Waals surface area contributed by atoms with E-state index in [1.54, 1.807) is 30.6 Å². The van der Waals surface area contributed by atoms with Gasteiger partial charge in [-0.1, -0.05) is 6.07 Å². The van der Waals surface area contributed by atoms with Gasteiger partial charge in [0.15, 0.2) is 5.75 Å². The van der Waals surface area contributed by atoms with E-state index in [9.17, 15) is 4.39 Å². The Bertz CT molecular complexity index is 434. The van der Waals surface area contributed by atoms with Gasteiger partial charge in [-0.3, -0.25) is 4.98 Å². The molecule has 76 valence electrons. The molecular formula is C11H9FN2O. The summed E-state index contributed by atoms with van der Waals surface area (Å²) in [7, 11) is 0. The number of hydrogen-bond acceptors (Lipinski definition) is 3. The van der Waals surface area contributed by atoms with Gasteiger partial charge in [0.2, 0.25) is 0 Å². The summed E-state index contributed by atoms with van der Waals surface area (Å²) in [5.74, 6) is -0.442. The van der Waals surface area contributed by atoms with Crippen molar-refractivity contribution >= 4 is 0 Å². The van der Waals surface area contributed by atoms with Crippen LogP contribution in [0, 0.1) is 5.95 Å². The van der Waals surface area contributed by atoms with Crippen LogP contribution in [0.1, 0.15) is 5.56 Å². The molecule has 0 saturated heterocycles. The van der Waals surface area contributed by atoms with E-state index in [1.165, 1.54) is 6.20 Å². The highest BCUT2D eigenvalue weighted by Gasteiger charge is 2.02. The number of ether oxygens (including phenoxy) is 1. The van der Waals surface area contributed by atoms with Crippen molar-refractivity contribution in [1.82, 2.24) is 9.97 Å². The quantitative estimate of drug-likeness (QED) is 0.719. The van der Waals surface area contributed by atoms with Crippen molar-refractivity contribution in [3.05, 3.63) is 54.4 Å². The minimum atomic E-state index is -0.596. The van der Waals surface area contributed by atoms with Gasteiger partial charge in [0, 0.05) is 24.2 Å². The lowest BCUT2D eigenvalue weighted by atomic mass is 10.3. The molecular weight excluding hydrogens is 195 g/mol. The van der Waals surface area contributed by atoms with E-state index in [2.05, 4.69) is 9.97 Å². The topological polar surface area (TPSA) is 35.0 Å². The Morgan fingerprint density at radius 3 is 2.80 bits per heavy atom. The van der Waals surface area contributed by atoms with Crippen molar-refractivity contribution in [1.29, 1.82) is 0 Å². The Labute approximate surface area is 86.6 Å². The first-order chi connectivity index (χ1) is 7.36. The van der Waals surface area contributed by atoms with Gasteiger partial charge in [-0.05, 0) is 18.2 Å². The van der Waals surface area contributed by atoms with Gasteiger partial charge in [-0.2, -0.15) is 4.39 Å². The molecule has 0 unspecified atom stereocenters. The maximum Gasteiger partial charge on any atom is 0.255 e. The standard InChI is InChI=1S/C11H9FN2O/c12-11-10(4-2-6-14-11)15-8-9-3-1-5-13-7-9/h1-7H,8H2. The van der Waals surface area contributed by atoms with Gasteiger partial charge >= 0.3 is 0 Å². The van der Waals surface area contributed by atoms with Crippen LogP contribution in [0.25, 0.3) is 0 Å². The average Bonchev–Trinajstić information content (AvgIpc) is 2.29. The molecule has 4 heteroatoms. The third-order valence-electron chi connectivity index (χ3n) is 1.84. The molecule has 0 aliphatic heterocycles. The molecule has 2 aromatic heterocycles. The molecule has 0 aliphatic rings. The van der Waals surface area contributed by atoms with E-state index >= 15 is 0 Å². The lowest BCUT2D eigenvalue weighted by Gasteiger charge is -2.05. The molecule has 2 aromatic rings. The fraction of sp³-hybridized carbons (Fsp3) is 0.0909. The first kappa shape index (κ1) is 9.58. The van der Waals surface area contributed by atoms with Crippen LogP contribution in [-0.2, 0) is 6.61 Å². The van der Waals surface area contributed by atoms with Crippen LogP contribution >= 0.6 is 0 Å². The maximum atomic E-state index is 13.0. The number of hydrogen-bond donors (Lipinski definition) is 0. The van der Waals surface area contributed by atoms with E-state index in [0.717, 1.165) is 5.56 Å². The summed E-state index contributed by atoms with van der Waals surface area (Å²) in [6.07, 6.45) is 4.73. The minimum absolute atomic E-state index is 0.154. The lowest BCUT2D eigenvalue weighted by molar-refractivity contribution is 0.285. The first-order valence-corrected chi connectivity index (χ1v) is 4.48. The smallest absolute Gasteiger partial charge is 0.255 e. The third-order valence-corrected chi connectivity index (χ3v) is 1.84. The predicted octanol–water partition coefficient (Wildman–Crippen LogP) is 2.19. The van der Waals surface area contributed by atoms with Crippen molar-refractivity contribution in [2.75, 3.05) is 0 Å². The van der Waals surface area contributed by atoms with E-state index in [0.29, 0.717) is 0 Å². The highest BCUT2D eigenvalue weighted by molar-refractivity contribution is 5.18. The number of halogens is 1. The van der Waals surface area contributed by atoms with Crippen molar-refractivity contribution in [2.45, 2.75) is 6.61 Å². The molecule has 2 rings (SSSR count). The Hall–Kier alpha value is -1.97. The molecule has 0 radical (unpaired) electrons. The zero-order chi connectivity index (χ0) is 10.5. The molecule has 0 amide bonds. The molecule has 0 aliphatic carbocycles. The fourth-order valence-electron chi connectivity index (χ4n) is 1.12. The SMILES string of the molecule is Fc1ncccc1OCc1cccnc1. The number of pyridine rings is 2. The van der Waals surface area contributed by atoms with Crippen LogP contribution in [0.5, 0.6) is 5.75 Å². The normalized spacial score (nSPS) is 9.93. The number of aromatic nitrogens is 2. The summed E-state index contributed by atoms with van der Waals surface area (Å²) in [4.78, 5) is 7.41. The van der Waals surface area contributed by atoms with Gasteiger partial charge in [0.1, 0.15) is 6.61 Å². The van der Waals surface area contributed by atoms with Gasteiger partial charge in [-0.25, -0.2) is 4.98 Å². The molecule has 3 nitrogen and oxygen atoms in total. The van der Waals surface area contributed by atoms with E-state index < -0.39 is 5.95 Å². The molecule has 0 bridgehead atoms. The van der Waals surface area contributed by atoms with Crippen LogP contribution in [-0.4, -0.2) is 9.97 Å². The zero-order valence-corrected chi connectivity index (χ0v) is 7.93. The predicted molar refractivity (Wildman–Crippen MR) is 52.8 cm³/mol.